The van der Waals surface area contributed by atoms with Crippen LogP contribution in [0.3, 0.4) is 0 Å². The first kappa shape index (κ1) is 18.6. The fourth-order valence-electron chi connectivity index (χ4n) is 3.36. The lowest BCUT2D eigenvalue weighted by Gasteiger charge is -2.31. The molecule has 1 amide bonds. The molecule has 0 atom stereocenters. The van der Waals surface area contributed by atoms with E-state index in [4.69, 9.17) is 19.2 Å². The number of aromatic nitrogens is 2. The summed E-state index contributed by atoms with van der Waals surface area (Å²) in [6.45, 7) is 4.92. The molecule has 1 aromatic carbocycles. The number of carbonyl (C=O) groups excluding carboxylic acids is 1. The van der Waals surface area contributed by atoms with Crippen LogP contribution in [0.2, 0.25) is 0 Å². The Hall–Kier alpha value is -2.71. The smallest absolute Gasteiger partial charge is 0.259 e. The third-order valence-corrected chi connectivity index (χ3v) is 4.96. The van der Waals surface area contributed by atoms with Crippen LogP contribution in [0.1, 0.15) is 10.4 Å². The van der Waals surface area contributed by atoms with Gasteiger partial charge in [-0.05, 0) is 24.3 Å². The molecule has 4 rings (SSSR count). The van der Waals surface area contributed by atoms with Gasteiger partial charge in [-0.3, -0.25) is 4.79 Å². The van der Waals surface area contributed by atoms with Gasteiger partial charge < -0.3 is 24.0 Å². The Kier molecular flexibility index (Phi) is 5.68. The summed E-state index contributed by atoms with van der Waals surface area (Å²) in [5, 5.41) is 0. The van der Waals surface area contributed by atoms with Gasteiger partial charge in [0.25, 0.3) is 5.91 Å². The molecule has 28 heavy (non-hydrogen) atoms. The number of benzene rings is 1. The highest BCUT2D eigenvalue weighted by Gasteiger charge is 2.26. The summed E-state index contributed by atoms with van der Waals surface area (Å²) < 4.78 is 16.1. The molecule has 2 aliphatic heterocycles. The number of ether oxygens (including phenoxy) is 3. The Bertz CT molecular complexity index is 815. The van der Waals surface area contributed by atoms with E-state index in [1.807, 2.05) is 24.3 Å². The molecular weight excluding hydrogens is 360 g/mol. The number of rotatable bonds is 4. The van der Waals surface area contributed by atoms with Crippen molar-refractivity contribution in [2.45, 2.75) is 0 Å². The van der Waals surface area contributed by atoms with Crippen molar-refractivity contribution in [3.63, 3.8) is 0 Å². The van der Waals surface area contributed by atoms with Crippen molar-refractivity contribution in [3.05, 3.63) is 36.0 Å². The molecular formula is C20H24N4O4. The number of amides is 1. The predicted octanol–water partition coefficient (Wildman–Crippen LogP) is 1.46. The minimum atomic E-state index is -0.0499. The van der Waals surface area contributed by atoms with Crippen LogP contribution in [0.25, 0.3) is 11.4 Å². The Balaban J connectivity index is 1.69. The SMILES string of the molecule is COc1ccc(-c2ncc(C(=O)N3CCOCC3)c(N3CCOCC3)n2)cc1. The molecule has 0 aliphatic carbocycles. The zero-order valence-electron chi connectivity index (χ0n) is 16.0. The van der Waals surface area contributed by atoms with E-state index in [0.717, 1.165) is 11.3 Å². The number of carbonyl (C=O) groups is 1. The Morgan fingerprint density at radius 1 is 1.00 bits per heavy atom. The molecule has 2 aliphatic rings. The van der Waals surface area contributed by atoms with Gasteiger partial charge in [0.05, 0.1) is 33.5 Å². The fraction of sp³-hybridized carbons (Fsp3) is 0.450. The Morgan fingerprint density at radius 3 is 2.29 bits per heavy atom. The van der Waals surface area contributed by atoms with E-state index in [1.54, 1.807) is 18.2 Å². The summed E-state index contributed by atoms with van der Waals surface area (Å²) >= 11 is 0. The lowest BCUT2D eigenvalue weighted by molar-refractivity contribution is 0.0302. The van der Waals surface area contributed by atoms with Crippen LogP contribution in [0.5, 0.6) is 5.75 Å². The maximum Gasteiger partial charge on any atom is 0.259 e. The second-order valence-corrected chi connectivity index (χ2v) is 6.66. The third-order valence-electron chi connectivity index (χ3n) is 4.96. The van der Waals surface area contributed by atoms with Crippen molar-refractivity contribution in [1.82, 2.24) is 14.9 Å². The molecule has 0 radical (unpaired) electrons. The van der Waals surface area contributed by atoms with Gasteiger partial charge in [-0.15, -0.1) is 0 Å². The topological polar surface area (TPSA) is 77.0 Å². The molecule has 2 aromatic rings. The largest absolute Gasteiger partial charge is 0.497 e. The number of morpholine rings is 2. The summed E-state index contributed by atoms with van der Waals surface area (Å²) in [4.78, 5) is 26.3. The minimum Gasteiger partial charge on any atom is -0.497 e. The van der Waals surface area contributed by atoms with Crippen LogP contribution in [0, 0.1) is 0 Å². The van der Waals surface area contributed by atoms with Crippen molar-refractivity contribution in [3.8, 4) is 17.1 Å². The lowest BCUT2D eigenvalue weighted by atomic mass is 10.1. The monoisotopic (exact) mass is 384 g/mol. The zero-order chi connectivity index (χ0) is 19.3. The van der Waals surface area contributed by atoms with Crippen LogP contribution in [0.15, 0.2) is 30.5 Å². The van der Waals surface area contributed by atoms with Gasteiger partial charge in [0.15, 0.2) is 5.82 Å². The van der Waals surface area contributed by atoms with Crippen molar-refractivity contribution >= 4 is 11.7 Å². The van der Waals surface area contributed by atoms with Crippen molar-refractivity contribution in [2.75, 3.05) is 64.6 Å². The molecule has 8 heteroatoms. The first-order valence-electron chi connectivity index (χ1n) is 9.47. The molecule has 3 heterocycles. The molecule has 2 saturated heterocycles. The molecule has 0 spiro atoms. The minimum absolute atomic E-state index is 0.0499. The molecule has 0 N–H and O–H groups in total. The van der Waals surface area contributed by atoms with Gasteiger partial charge in [0, 0.05) is 37.9 Å². The average molecular weight is 384 g/mol. The molecule has 0 unspecified atom stereocenters. The van der Waals surface area contributed by atoms with E-state index >= 15 is 0 Å². The number of hydrogen-bond acceptors (Lipinski definition) is 7. The van der Waals surface area contributed by atoms with Crippen LogP contribution < -0.4 is 9.64 Å². The van der Waals surface area contributed by atoms with Gasteiger partial charge in [0.2, 0.25) is 0 Å². The Morgan fingerprint density at radius 2 is 1.64 bits per heavy atom. The lowest BCUT2D eigenvalue weighted by Crippen LogP contribution is -2.43. The third kappa shape index (κ3) is 3.93. The molecule has 8 nitrogen and oxygen atoms in total. The van der Waals surface area contributed by atoms with Crippen LogP contribution in [-0.2, 0) is 9.47 Å². The van der Waals surface area contributed by atoms with E-state index in [1.165, 1.54) is 0 Å². The van der Waals surface area contributed by atoms with Gasteiger partial charge in [-0.2, -0.15) is 0 Å². The molecule has 148 valence electrons. The van der Waals surface area contributed by atoms with Gasteiger partial charge in [0.1, 0.15) is 17.1 Å². The van der Waals surface area contributed by atoms with Gasteiger partial charge in [-0.1, -0.05) is 0 Å². The number of hydrogen-bond donors (Lipinski definition) is 0. The summed E-state index contributed by atoms with van der Waals surface area (Å²) in [5.74, 6) is 1.98. The first-order chi connectivity index (χ1) is 13.8. The summed E-state index contributed by atoms with van der Waals surface area (Å²) in [7, 11) is 1.63. The normalized spacial score (nSPS) is 17.5. The van der Waals surface area contributed by atoms with Gasteiger partial charge in [-0.25, -0.2) is 9.97 Å². The summed E-state index contributed by atoms with van der Waals surface area (Å²) in [6, 6.07) is 7.58. The molecule has 1 aromatic heterocycles. The first-order valence-corrected chi connectivity index (χ1v) is 9.47. The Labute approximate surface area is 164 Å². The van der Waals surface area contributed by atoms with Crippen molar-refractivity contribution in [2.24, 2.45) is 0 Å². The zero-order valence-corrected chi connectivity index (χ0v) is 16.0. The summed E-state index contributed by atoms with van der Waals surface area (Å²) in [6.07, 6.45) is 1.65. The highest BCUT2D eigenvalue weighted by molar-refractivity contribution is 5.99. The summed E-state index contributed by atoms with van der Waals surface area (Å²) in [5.41, 5.74) is 1.40. The second-order valence-electron chi connectivity index (χ2n) is 6.66. The number of anilines is 1. The number of methoxy groups -OCH3 is 1. The fourth-order valence-corrected chi connectivity index (χ4v) is 3.36. The van der Waals surface area contributed by atoms with E-state index in [0.29, 0.717) is 69.8 Å². The van der Waals surface area contributed by atoms with Crippen molar-refractivity contribution < 1.29 is 19.0 Å². The molecule has 0 saturated carbocycles. The van der Waals surface area contributed by atoms with Crippen LogP contribution >= 0.6 is 0 Å². The second kappa shape index (κ2) is 8.53. The molecule has 0 bridgehead atoms. The van der Waals surface area contributed by atoms with E-state index in [-0.39, 0.29) is 5.91 Å². The number of nitrogens with zero attached hydrogens (tertiary/aromatic N) is 4. The van der Waals surface area contributed by atoms with E-state index in [2.05, 4.69) is 9.88 Å². The maximum atomic E-state index is 13.1. The van der Waals surface area contributed by atoms with Crippen LogP contribution in [-0.4, -0.2) is 80.5 Å². The molecule has 2 fully saturated rings. The van der Waals surface area contributed by atoms with E-state index in [9.17, 15) is 4.79 Å². The quantitative estimate of drug-likeness (QED) is 0.790. The standard InChI is InChI=1S/C20H24N4O4/c1-26-16-4-2-15(3-5-16)18-21-14-17(20(25)24-8-12-28-13-9-24)19(22-18)23-6-10-27-11-7-23/h2-5,14H,6-13H2,1H3. The predicted molar refractivity (Wildman–Crippen MR) is 104 cm³/mol. The van der Waals surface area contributed by atoms with Gasteiger partial charge >= 0.3 is 0 Å². The van der Waals surface area contributed by atoms with Crippen LogP contribution in [0.4, 0.5) is 5.82 Å². The average Bonchev–Trinajstić information content (AvgIpc) is 2.79. The maximum absolute atomic E-state index is 13.1. The highest BCUT2D eigenvalue weighted by Crippen LogP contribution is 2.26. The van der Waals surface area contributed by atoms with Crippen molar-refractivity contribution in [1.29, 1.82) is 0 Å². The van der Waals surface area contributed by atoms with E-state index < -0.39 is 0 Å². The highest BCUT2D eigenvalue weighted by atomic mass is 16.5.